The summed E-state index contributed by atoms with van der Waals surface area (Å²) in [7, 11) is 1.20. The molecule has 2 nitrogen and oxygen atoms in total. The molecule has 0 N–H and O–H groups in total. The van der Waals surface area contributed by atoms with E-state index in [-0.39, 0.29) is 5.97 Å². The molecule has 40 valence electrons. The van der Waals surface area contributed by atoms with E-state index in [1.54, 1.807) is 0 Å². The Kier molecular flexibility index (Phi) is 2.62. The van der Waals surface area contributed by atoms with Crippen molar-refractivity contribution in [2.75, 3.05) is 0 Å². The van der Waals surface area contributed by atoms with E-state index in [4.69, 9.17) is 0 Å². The molecule has 0 amide bonds. The van der Waals surface area contributed by atoms with Gasteiger partial charge in [-0.2, -0.15) is 0 Å². The van der Waals surface area contributed by atoms with Crippen molar-refractivity contribution in [2.45, 2.75) is 0 Å². The second-order valence-electron chi connectivity index (χ2n) is 1.27. The van der Waals surface area contributed by atoms with Crippen molar-refractivity contribution in [3.8, 4) is 0 Å². The fourth-order valence-corrected chi connectivity index (χ4v) is 1.14. The highest BCUT2D eigenvalue weighted by Gasteiger charge is 1.94. The van der Waals surface area contributed by atoms with Crippen molar-refractivity contribution in [2.24, 2.45) is 0 Å². The zero-order valence-electron chi connectivity index (χ0n) is 4.52. The second kappa shape index (κ2) is 2.76. The SMILES string of the molecule is C=C([SiH3])C(=O)O[SiH3]. The molecular formula is C3H8O2Si2. The molecular weight excluding hydrogens is 124 g/mol. The first-order chi connectivity index (χ1) is 3.18. The number of carbonyl (C=O) groups excluding carboxylic acids is 1. The van der Waals surface area contributed by atoms with Gasteiger partial charge in [-0.3, -0.25) is 0 Å². The van der Waals surface area contributed by atoms with Crippen LogP contribution in [0.15, 0.2) is 11.8 Å². The third-order valence-electron chi connectivity index (χ3n) is 0.534. The van der Waals surface area contributed by atoms with E-state index in [2.05, 4.69) is 11.0 Å². The lowest BCUT2D eigenvalue weighted by Crippen LogP contribution is -2.03. The summed E-state index contributed by atoms with van der Waals surface area (Å²) >= 11 is 0. The van der Waals surface area contributed by atoms with Crippen molar-refractivity contribution < 1.29 is 9.22 Å². The molecule has 0 spiro atoms. The Balaban J connectivity index is 3.58. The van der Waals surface area contributed by atoms with E-state index >= 15 is 0 Å². The molecule has 0 heterocycles. The van der Waals surface area contributed by atoms with Crippen LogP contribution in [0.3, 0.4) is 0 Å². The molecule has 0 aliphatic carbocycles. The Morgan fingerprint density at radius 2 is 2.14 bits per heavy atom. The number of hydrogen-bond acceptors (Lipinski definition) is 2. The Hall–Kier alpha value is -0.356. The van der Waals surface area contributed by atoms with Crippen LogP contribution in [0.4, 0.5) is 0 Å². The average molecular weight is 132 g/mol. The van der Waals surface area contributed by atoms with E-state index in [1.807, 2.05) is 0 Å². The molecule has 0 radical (unpaired) electrons. The third-order valence-corrected chi connectivity index (χ3v) is 1.31. The van der Waals surface area contributed by atoms with Crippen LogP contribution >= 0.6 is 0 Å². The molecule has 0 aliphatic rings. The van der Waals surface area contributed by atoms with Gasteiger partial charge < -0.3 is 4.43 Å². The molecule has 0 saturated carbocycles. The van der Waals surface area contributed by atoms with Gasteiger partial charge in [-0.15, -0.1) is 0 Å². The van der Waals surface area contributed by atoms with Gasteiger partial charge in [-0.1, -0.05) is 6.58 Å². The molecule has 0 aromatic rings. The minimum Gasteiger partial charge on any atom is -0.526 e. The summed E-state index contributed by atoms with van der Waals surface area (Å²) in [6.07, 6.45) is 0. The maximum atomic E-state index is 10.3. The zero-order chi connectivity index (χ0) is 5.86. The Bertz CT molecular complexity index is 99.1. The first kappa shape index (κ1) is 6.64. The van der Waals surface area contributed by atoms with Gasteiger partial charge in [0.05, 0.1) is 0 Å². The van der Waals surface area contributed by atoms with Gasteiger partial charge in [-0.25, -0.2) is 4.79 Å². The molecule has 7 heavy (non-hydrogen) atoms. The van der Waals surface area contributed by atoms with Gasteiger partial charge in [0.1, 0.15) is 0 Å². The van der Waals surface area contributed by atoms with Crippen LogP contribution in [0, 0.1) is 0 Å². The molecule has 0 saturated heterocycles. The molecule has 0 aromatic heterocycles. The van der Waals surface area contributed by atoms with E-state index in [0.717, 1.165) is 0 Å². The highest BCUT2D eigenvalue weighted by Crippen LogP contribution is 1.81. The van der Waals surface area contributed by atoms with Crippen molar-refractivity contribution in [3.63, 3.8) is 0 Å². The van der Waals surface area contributed by atoms with Crippen LogP contribution in [-0.4, -0.2) is 26.7 Å². The van der Waals surface area contributed by atoms with Gasteiger partial charge in [0.15, 0.2) is 0 Å². The predicted octanol–water partition coefficient (Wildman–Crippen LogP) is -2.31. The van der Waals surface area contributed by atoms with Crippen LogP contribution in [0.5, 0.6) is 0 Å². The average Bonchev–Trinajstić information content (AvgIpc) is 1.65. The van der Waals surface area contributed by atoms with Gasteiger partial charge in [0, 0.05) is 15.4 Å². The van der Waals surface area contributed by atoms with Crippen molar-refractivity contribution >= 4 is 26.7 Å². The summed E-state index contributed by atoms with van der Waals surface area (Å²) in [6.45, 7) is 3.44. The minimum absolute atomic E-state index is 0.224. The summed E-state index contributed by atoms with van der Waals surface area (Å²) in [5.74, 6) is -0.224. The van der Waals surface area contributed by atoms with E-state index in [0.29, 0.717) is 25.9 Å². The van der Waals surface area contributed by atoms with E-state index in [1.165, 1.54) is 0 Å². The lowest BCUT2D eigenvalue weighted by atomic mass is 10.7. The van der Waals surface area contributed by atoms with Crippen LogP contribution in [0.25, 0.3) is 0 Å². The maximum Gasteiger partial charge on any atom is 0.314 e. The summed E-state index contributed by atoms with van der Waals surface area (Å²) in [6, 6.07) is 0. The number of hydrogen-bond donors (Lipinski definition) is 0. The fourth-order valence-electron chi connectivity index (χ4n) is 0.174. The first-order valence-corrected chi connectivity index (χ1v) is 3.74. The highest BCUT2D eigenvalue weighted by molar-refractivity contribution is 6.36. The zero-order valence-corrected chi connectivity index (χ0v) is 8.52. The van der Waals surface area contributed by atoms with Crippen LogP contribution < -0.4 is 0 Å². The van der Waals surface area contributed by atoms with Crippen molar-refractivity contribution in [1.29, 1.82) is 0 Å². The Labute approximate surface area is 48.5 Å². The lowest BCUT2D eigenvalue weighted by Gasteiger charge is -1.93. The Morgan fingerprint density at radius 3 is 2.14 bits per heavy atom. The maximum absolute atomic E-state index is 10.3. The van der Waals surface area contributed by atoms with Crippen molar-refractivity contribution in [3.05, 3.63) is 11.8 Å². The molecule has 0 fully saturated rings. The fraction of sp³-hybridized carbons (Fsp3) is 0. The summed E-state index contributed by atoms with van der Waals surface area (Å²) < 4.78 is 4.45. The summed E-state index contributed by atoms with van der Waals surface area (Å²) in [4.78, 5) is 10.3. The molecule has 0 unspecified atom stereocenters. The largest absolute Gasteiger partial charge is 0.526 e. The minimum atomic E-state index is -0.224. The topological polar surface area (TPSA) is 26.3 Å². The van der Waals surface area contributed by atoms with Crippen LogP contribution in [0.1, 0.15) is 0 Å². The third kappa shape index (κ3) is 2.35. The number of rotatable bonds is 1. The highest BCUT2D eigenvalue weighted by atomic mass is 28.2. The van der Waals surface area contributed by atoms with Crippen LogP contribution in [-0.2, 0) is 9.22 Å². The monoisotopic (exact) mass is 132 g/mol. The standard InChI is InChI=1S/C3H8O2Si2/c1-2(6)3(4)5-7/h1H2,6-7H3. The van der Waals surface area contributed by atoms with E-state index in [9.17, 15) is 4.79 Å². The van der Waals surface area contributed by atoms with Gasteiger partial charge in [-0.05, 0) is 0 Å². The number of carbonyl (C=O) groups is 1. The van der Waals surface area contributed by atoms with Gasteiger partial charge in [0.25, 0.3) is 0 Å². The van der Waals surface area contributed by atoms with Crippen LogP contribution in [0.2, 0.25) is 0 Å². The second-order valence-corrected chi connectivity index (χ2v) is 2.89. The predicted molar refractivity (Wildman–Crippen MR) is 35.1 cm³/mol. The normalized spacial score (nSPS) is 8.57. The van der Waals surface area contributed by atoms with Crippen molar-refractivity contribution in [1.82, 2.24) is 0 Å². The Morgan fingerprint density at radius 1 is 1.71 bits per heavy atom. The molecule has 0 rings (SSSR count). The molecule has 0 atom stereocenters. The lowest BCUT2D eigenvalue weighted by molar-refractivity contribution is -0.129. The van der Waals surface area contributed by atoms with Gasteiger partial charge >= 0.3 is 5.97 Å². The quantitative estimate of drug-likeness (QED) is 0.296. The van der Waals surface area contributed by atoms with E-state index < -0.39 is 0 Å². The molecule has 0 bridgehead atoms. The summed E-state index contributed by atoms with van der Waals surface area (Å²) in [5.41, 5.74) is 0. The first-order valence-electron chi connectivity index (χ1n) is 1.92. The molecule has 0 aliphatic heterocycles. The molecule has 4 heteroatoms. The smallest absolute Gasteiger partial charge is 0.314 e. The summed E-state index contributed by atoms with van der Waals surface area (Å²) in [5, 5.41) is 0.606. The molecule has 0 aromatic carbocycles. The van der Waals surface area contributed by atoms with Gasteiger partial charge in [0.2, 0.25) is 10.5 Å².